The van der Waals surface area contributed by atoms with E-state index < -0.39 is 17.5 Å². The molecule has 2 rings (SSSR count). The van der Waals surface area contributed by atoms with Gasteiger partial charge in [-0.25, -0.2) is 9.18 Å². The van der Waals surface area contributed by atoms with Crippen molar-refractivity contribution in [2.75, 3.05) is 5.73 Å². The van der Waals surface area contributed by atoms with Crippen molar-refractivity contribution >= 4 is 11.7 Å². The quantitative estimate of drug-likeness (QED) is 0.508. The zero-order valence-electron chi connectivity index (χ0n) is 10.3. The highest BCUT2D eigenvalue weighted by Crippen LogP contribution is 2.29. The molecule has 20 heavy (non-hydrogen) atoms. The molecule has 0 aliphatic heterocycles. The molecule has 0 bridgehead atoms. The summed E-state index contributed by atoms with van der Waals surface area (Å²) < 4.78 is 13.1. The number of carboxylic acids is 1. The maximum atomic E-state index is 13.1. The highest BCUT2D eigenvalue weighted by Gasteiger charge is 2.15. The Balaban J connectivity index is 2.44. The van der Waals surface area contributed by atoms with Gasteiger partial charge in [-0.1, -0.05) is 0 Å². The van der Waals surface area contributed by atoms with E-state index >= 15 is 0 Å². The number of benzene rings is 2. The second-order valence-electron chi connectivity index (χ2n) is 4.34. The number of anilines is 1. The Hall–Kier alpha value is -2.76. The number of carbonyl (C=O) groups is 1. The van der Waals surface area contributed by atoms with E-state index in [-0.39, 0.29) is 23.4 Å². The molecule has 0 saturated carbocycles. The van der Waals surface area contributed by atoms with Gasteiger partial charge in [-0.3, -0.25) is 0 Å². The third-order valence-electron chi connectivity index (χ3n) is 2.87. The van der Waals surface area contributed by atoms with E-state index in [0.717, 1.165) is 12.1 Å². The van der Waals surface area contributed by atoms with Gasteiger partial charge in [-0.2, -0.15) is 0 Å². The predicted octanol–water partition coefficient (Wildman–Crippen LogP) is 2.11. The van der Waals surface area contributed by atoms with Crippen molar-refractivity contribution in [2.45, 2.75) is 6.42 Å². The summed E-state index contributed by atoms with van der Waals surface area (Å²) in [6.45, 7) is 0. The van der Waals surface area contributed by atoms with Crippen LogP contribution in [0, 0.1) is 5.82 Å². The topological polar surface area (TPSA) is 104 Å². The van der Waals surface area contributed by atoms with Crippen LogP contribution in [-0.2, 0) is 6.42 Å². The summed E-state index contributed by atoms with van der Waals surface area (Å²) in [7, 11) is 0. The molecule has 0 aromatic heterocycles. The summed E-state index contributed by atoms with van der Waals surface area (Å²) >= 11 is 0. The van der Waals surface area contributed by atoms with Crippen LogP contribution < -0.4 is 5.73 Å². The first kappa shape index (κ1) is 13.7. The number of nitrogens with two attached hydrogens (primary N) is 1. The average Bonchev–Trinajstić information content (AvgIpc) is 2.37. The SMILES string of the molecule is Nc1cc(Cc2cc(F)ccc2O)cc(C(=O)O)c1O. The largest absolute Gasteiger partial charge is 0.508 e. The van der Waals surface area contributed by atoms with Gasteiger partial charge in [0.15, 0.2) is 5.75 Å². The van der Waals surface area contributed by atoms with Crippen LogP contribution in [0.3, 0.4) is 0 Å². The van der Waals surface area contributed by atoms with Crippen molar-refractivity contribution in [3.63, 3.8) is 0 Å². The van der Waals surface area contributed by atoms with Crippen LogP contribution >= 0.6 is 0 Å². The highest BCUT2D eigenvalue weighted by atomic mass is 19.1. The maximum Gasteiger partial charge on any atom is 0.339 e. The zero-order valence-corrected chi connectivity index (χ0v) is 10.3. The molecular formula is C14H12FNO4. The minimum absolute atomic E-state index is 0.0872. The Labute approximate surface area is 113 Å². The molecule has 0 unspecified atom stereocenters. The number of aromatic carboxylic acids is 1. The summed E-state index contributed by atoms with van der Waals surface area (Å²) in [5.74, 6) is -2.44. The molecule has 0 heterocycles. The number of carboxylic acid groups (broad SMARTS) is 1. The third-order valence-corrected chi connectivity index (χ3v) is 2.87. The zero-order chi connectivity index (χ0) is 14.9. The molecule has 0 atom stereocenters. The Kier molecular flexibility index (Phi) is 3.47. The number of phenols is 2. The first-order valence-corrected chi connectivity index (χ1v) is 5.70. The van der Waals surface area contributed by atoms with Gasteiger partial charge in [-0.15, -0.1) is 0 Å². The maximum absolute atomic E-state index is 13.1. The van der Waals surface area contributed by atoms with Crippen molar-refractivity contribution in [3.05, 3.63) is 52.8 Å². The van der Waals surface area contributed by atoms with Crippen molar-refractivity contribution in [1.82, 2.24) is 0 Å². The molecule has 6 heteroatoms. The van der Waals surface area contributed by atoms with Gasteiger partial charge in [-0.05, 0) is 35.9 Å². The normalized spacial score (nSPS) is 10.4. The monoisotopic (exact) mass is 277 g/mol. The molecule has 0 radical (unpaired) electrons. The first-order chi connectivity index (χ1) is 9.38. The fourth-order valence-corrected chi connectivity index (χ4v) is 1.90. The summed E-state index contributed by atoms with van der Waals surface area (Å²) in [5.41, 5.74) is 5.85. The fraction of sp³-hybridized carbons (Fsp3) is 0.0714. The average molecular weight is 277 g/mol. The van der Waals surface area contributed by atoms with Crippen molar-refractivity contribution in [3.8, 4) is 11.5 Å². The van der Waals surface area contributed by atoms with Crippen LogP contribution in [0.2, 0.25) is 0 Å². The highest BCUT2D eigenvalue weighted by molar-refractivity contribution is 5.93. The van der Waals surface area contributed by atoms with Gasteiger partial charge >= 0.3 is 5.97 Å². The molecule has 0 spiro atoms. The second kappa shape index (κ2) is 5.08. The number of rotatable bonds is 3. The Morgan fingerprint density at radius 2 is 1.90 bits per heavy atom. The molecular weight excluding hydrogens is 265 g/mol. The second-order valence-corrected chi connectivity index (χ2v) is 4.34. The first-order valence-electron chi connectivity index (χ1n) is 5.70. The lowest BCUT2D eigenvalue weighted by molar-refractivity contribution is 0.0693. The van der Waals surface area contributed by atoms with Crippen LogP contribution in [0.25, 0.3) is 0 Å². The molecule has 5 N–H and O–H groups in total. The van der Waals surface area contributed by atoms with Gasteiger partial charge < -0.3 is 21.1 Å². The smallest absolute Gasteiger partial charge is 0.339 e. The van der Waals surface area contributed by atoms with Crippen molar-refractivity contribution in [2.24, 2.45) is 0 Å². The van der Waals surface area contributed by atoms with E-state index in [9.17, 15) is 19.4 Å². The molecule has 0 saturated heterocycles. The van der Waals surface area contributed by atoms with E-state index in [4.69, 9.17) is 10.8 Å². The predicted molar refractivity (Wildman–Crippen MR) is 70.3 cm³/mol. The minimum Gasteiger partial charge on any atom is -0.508 e. The van der Waals surface area contributed by atoms with E-state index in [1.807, 2.05) is 0 Å². The van der Waals surface area contributed by atoms with E-state index in [0.29, 0.717) is 11.1 Å². The number of halogens is 1. The lowest BCUT2D eigenvalue weighted by atomic mass is 10.0. The van der Waals surface area contributed by atoms with Gasteiger partial charge in [0.2, 0.25) is 0 Å². The van der Waals surface area contributed by atoms with Gasteiger partial charge in [0.1, 0.15) is 17.1 Å². The number of nitrogen functional groups attached to an aromatic ring is 1. The van der Waals surface area contributed by atoms with Crippen LogP contribution in [0.1, 0.15) is 21.5 Å². The Morgan fingerprint density at radius 3 is 2.55 bits per heavy atom. The summed E-state index contributed by atoms with van der Waals surface area (Å²) in [6.07, 6.45) is 0.0916. The van der Waals surface area contributed by atoms with Gasteiger partial charge in [0, 0.05) is 12.0 Å². The van der Waals surface area contributed by atoms with E-state index in [2.05, 4.69) is 0 Å². The minimum atomic E-state index is -1.32. The van der Waals surface area contributed by atoms with E-state index in [1.165, 1.54) is 18.2 Å². The molecule has 5 nitrogen and oxygen atoms in total. The van der Waals surface area contributed by atoms with Gasteiger partial charge in [0.25, 0.3) is 0 Å². The van der Waals surface area contributed by atoms with Crippen LogP contribution in [0.15, 0.2) is 30.3 Å². The summed E-state index contributed by atoms with van der Waals surface area (Å²) in [4.78, 5) is 11.0. The number of hydrogen-bond acceptors (Lipinski definition) is 4. The van der Waals surface area contributed by atoms with Crippen LogP contribution in [0.4, 0.5) is 10.1 Å². The van der Waals surface area contributed by atoms with Crippen LogP contribution in [-0.4, -0.2) is 21.3 Å². The Morgan fingerprint density at radius 1 is 1.20 bits per heavy atom. The lowest BCUT2D eigenvalue weighted by Crippen LogP contribution is -2.02. The lowest BCUT2D eigenvalue weighted by Gasteiger charge is -2.09. The molecule has 2 aromatic rings. The molecule has 2 aromatic carbocycles. The molecule has 0 amide bonds. The number of phenolic OH excluding ortho intramolecular Hbond substituents is 1. The summed E-state index contributed by atoms with van der Waals surface area (Å²) in [6, 6.07) is 6.10. The number of aromatic hydroxyl groups is 2. The molecule has 0 aliphatic rings. The van der Waals surface area contributed by atoms with Crippen LogP contribution in [0.5, 0.6) is 11.5 Å². The standard InChI is InChI=1S/C14H12FNO4/c15-9-1-2-12(17)8(6-9)3-7-4-10(14(19)20)13(18)11(16)5-7/h1-2,4-6,17-18H,3,16H2,(H,19,20). The third kappa shape index (κ3) is 2.64. The van der Waals surface area contributed by atoms with Crippen molar-refractivity contribution < 1.29 is 24.5 Å². The Bertz CT molecular complexity index is 685. The van der Waals surface area contributed by atoms with Crippen molar-refractivity contribution in [1.29, 1.82) is 0 Å². The number of hydrogen-bond donors (Lipinski definition) is 4. The molecule has 0 fully saturated rings. The van der Waals surface area contributed by atoms with Gasteiger partial charge in [0.05, 0.1) is 5.69 Å². The molecule has 104 valence electrons. The summed E-state index contributed by atoms with van der Waals surface area (Å²) in [5, 5.41) is 28.1. The molecule has 0 aliphatic carbocycles. The van der Waals surface area contributed by atoms with E-state index in [1.54, 1.807) is 0 Å². The fourth-order valence-electron chi connectivity index (χ4n) is 1.90.